The molecule has 4 rings (SSSR count). The summed E-state index contributed by atoms with van der Waals surface area (Å²) in [5, 5.41) is 14.4. The van der Waals surface area contributed by atoms with Crippen LogP contribution in [0.5, 0.6) is 5.88 Å². The first-order chi connectivity index (χ1) is 16.1. The second-order valence-corrected chi connectivity index (χ2v) is 9.46. The van der Waals surface area contributed by atoms with E-state index in [1.165, 1.54) is 23.9 Å². The second kappa shape index (κ2) is 8.74. The summed E-state index contributed by atoms with van der Waals surface area (Å²) in [4.78, 5) is 8.32. The Morgan fingerprint density at radius 3 is 2.53 bits per heavy atom. The Hall–Kier alpha value is -4.01. The van der Waals surface area contributed by atoms with Gasteiger partial charge in [0.2, 0.25) is 5.88 Å². The van der Waals surface area contributed by atoms with Gasteiger partial charge in [-0.05, 0) is 62.2 Å². The van der Waals surface area contributed by atoms with Gasteiger partial charge >= 0.3 is 0 Å². The number of benzene rings is 1. The first-order valence-electron chi connectivity index (χ1n) is 9.99. The number of pyridine rings is 1. The number of ether oxygens (including phenoxy) is 1. The molecule has 0 atom stereocenters. The largest absolute Gasteiger partial charge is 0.480 e. The second-order valence-electron chi connectivity index (χ2n) is 7.78. The molecular formula is C23H20FN5O4S. The van der Waals surface area contributed by atoms with Crippen molar-refractivity contribution in [2.24, 2.45) is 0 Å². The third kappa shape index (κ3) is 4.98. The fourth-order valence-corrected chi connectivity index (χ4v) is 4.02. The lowest BCUT2D eigenvalue weighted by atomic mass is 10.1. The number of hydrogen-bond donors (Lipinski definition) is 2. The molecule has 0 bridgehead atoms. The number of anilines is 1. The minimum atomic E-state index is -4.03. The van der Waals surface area contributed by atoms with Gasteiger partial charge in [-0.1, -0.05) is 5.92 Å². The first-order valence-corrected chi connectivity index (χ1v) is 11.5. The molecule has 0 aliphatic rings. The van der Waals surface area contributed by atoms with Crippen molar-refractivity contribution >= 4 is 21.4 Å². The number of imidazole rings is 1. The van der Waals surface area contributed by atoms with Crippen molar-refractivity contribution in [3.05, 3.63) is 66.4 Å². The van der Waals surface area contributed by atoms with Crippen molar-refractivity contribution in [3.63, 3.8) is 0 Å². The van der Waals surface area contributed by atoms with E-state index < -0.39 is 21.4 Å². The van der Waals surface area contributed by atoms with Crippen molar-refractivity contribution in [1.29, 1.82) is 0 Å². The molecule has 34 heavy (non-hydrogen) atoms. The maximum Gasteiger partial charge on any atom is 0.262 e. The average Bonchev–Trinajstić information content (AvgIpc) is 3.19. The van der Waals surface area contributed by atoms with Crippen LogP contribution in [-0.4, -0.2) is 45.8 Å². The van der Waals surface area contributed by atoms with E-state index in [4.69, 9.17) is 4.74 Å². The standard InChI is InChI=1S/C23H20FN5O4S/c1-23(2,30)11-10-17-14-25-21-9-8-19(27-29(17)21)15-12-20(22(33-3)26-13-15)28-34(31,32)18-6-4-16(24)5-7-18/h4-9,12-14,28,30H,1-3H3. The Kier molecular flexibility index (Phi) is 5.95. The highest BCUT2D eigenvalue weighted by Gasteiger charge is 2.19. The van der Waals surface area contributed by atoms with Gasteiger partial charge in [-0.3, -0.25) is 4.72 Å². The topological polar surface area (TPSA) is 119 Å². The van der Waals surface area contributed by atoms with Gasteiger partial charge in [-0.25, -0.2) is 27.3 Å². The molecule has 0 amide bonds. The normalized spacial score (nSPS) is 11.7. The van der Waals surface area contributed by atoms with Gasteiger partial charge in [0, 0.05) is 11.8 Å². The molecule has 11 heteroatoms. The number of methoxy groups -OCH3 is 1. The Labute approximate surface area is 195 Å². The predicted octanol–water partition coefficient (Wildman–Crippen LogP) is 2.86. The third-order valence-electron chi connectivity index (χ3n) is 4.57. The number of aliphatic hydroxyl groups is 1. The van der Waals surface area contributed by atoms with E-state index in [1.807, 2.05) is 0 Å². The van der Waals surface area contributed by atoms with E-state index in [0.29, 0.717) is 22.6 Å². The zero-order valence-corrected chi connectivity index (χ0v) is 19.3. The molecule has 0 aliphatic carbocycles. The molecule has 2 N–H and O–H groups in total. The van der Waals surface area contributed by atoms with Crippen LogP contribution in [0.1, 0.15) is 19.5 Å². The molecule has 174 valence electrons. The van der Waals surface area contributed by atoms with Gasteiger partial charge in [-0.15, -0.1) is 0 Å². The molecular weight excluding hydrogens is 461 g/mol. The monoisotopic (exact) mass is 481 g/mol. The van der Waals surface area contributed by atoms with Crippen molar-refractivity contribution in [3.8, 4) is 29.0 Å². The van der Waals surface area contributed by atoms with Crippen molar-refractivity contribution in [2.75, 3.05) is 11.8 Å². The Morgan fingerprint density at radius 2 is 1.85 bits per heavy atom. The van der Waals surface area contributed by atoms with E-state index >= 15 is 0 Å². The van der Waals surface area contributed by atoms with Crippen LogP contribution in [0.25, 0.3) is 16.9 Å². The van der Waals surface area contributed by atoms with Crippen LogP contribution in [0, 0.1) is 17.7 Å². The molecule has 1 aromatic carbocycles. The lowest BCUT2D eigenvalue weighted by Crippen LogP contribution is -2.14. The summed E-state index contributed by atoms with van der Waals surface area (Å²) in [6.07, 6.45) is 3.03. The van der Waals surface area contributed by atoms with E-state index in [1.54, 1.807) is 32.2 Å². The summed E-state index contributed by atoms with van der Waals surface area (Å²) in [6, 6.07) is 9.40. The van der Waals surface area contributed by atoms with Crippen molar-refractivity contribution < 1.29 is 22.7 Å². The number of nitrogens with zero attached hydrogens (tertiary/aromatic N) is 4. The number of hydrogen-bond acceptors (Lipinski definition) is 7. The number of nitrogens with one attached hydrogen (secondary N) is 1. The third-order valence-corrected chi connectivity index (χ3v) is 5.95. The number of fused-ring (bicyclic) bond motifs is 1. The molecule has 3 aromatic heterocycles. The molecule has 9 nitrogen and oxygen atoms in total. The number of sulfonamides is 1. The molecule has 0 unspecified atom stereocenters. The van der Waals surface area contributed by atoms with Crippen LogP contribution < -0.4 is 9.46 Å². The van der Waals surface area contributed by atoms with E-state index in [0.717, 1.165) is 24.3 Å². The van der Waals surface area contributed by atoms with Gasteiger partial charge in [0.15, 0.2) is 5.65 Å². The maximum absolute atomic E-state index is 13.2. The fraction of sp³-hybridized carbons (Fsp3) is 0.174. The summed E-state index contributed by atoms with van der Waals surface area (Å²) in [6.45, 7) is 3.14. The maximum atomic E-state index is 13.2. The molecule has 0 fully saturated rings. The molecule has 0 spiro atoms. The highest BCUT2D eigenvalue weighted by Crippen LogP contribution is 2.29. The van der Waals surface area contributed by atoms with Crippen molar-refractivity contribution in [1.82, 2.24) is 19.6 Å². The first kappa shape index (κ1) is 23.2. The van der Waals surface area contributed by atoms with Crippen LogP contribution in [-0.2, 0) is 10.0 Å². The van der Waals surface area contributed by atoms with Crippen LogP contribution >= 0.6 is 0 Å². The summed E-state index contributed by atoms with van der Waals surface area (Å²) in [5.41, 5.74) is 0.876. The van der Waals surface area contributed by atoms with Crippen LogP contribution in [0.2, 0.25) is 0 Å². The highest BCUT2D eigenvalue weighted by molar-refractivity contribution is 7.92. The highest BCUT2D eigenvalue weighted by atomic mass is 32.2. The molecule has 3 heterocycles. The zero-order chi connectivity index (χ0) is 24.5. The van der Waals surface area contributed by atoms with Gasteiger partial charge in [0.05, 0.1) is 23.9 Å². The number of aromatic nitrogens is 4. The molecule has 4 aromatic rings. The molecule has 0 radical (unpaired) electrons. The Bertz CT molecular complexity index is 1530. The lowest BCUT2D eigenvalue weighted by molar-refractivity contribution is 0.143. The number of rotatable bonds is 5. The molecule has 0 aliphatic heterocycles. The van der Waals surface area contributed by atoms with Gasteiger partial charge in [0.1, 0.15) is 22.8 Å². The van der Waals surface area contributed by atoms with Gasteiger partial charge < -0.3 is 9.84 Å². The Morgan fingerprint density at radius 1 is 1.12 bits per heavy atom. The molecule has 0 saturated carbocycles. The Balaban J connectivity index is 1.74. The summed E-state index contributed by atoms with van der Waals surface area (Å²) < 4.78 is 47.9. The average molecular weight is 482 g/mol. The van der Waals surface area contributed by atoms with Crippen LogP contribution in [0.4, 0.5) is 10.1 Å². The van der Waals surface area contributed by atoms with E-state index in [2.05, 4.69) is 31.6 Å². The minimum Gasteiger partial charge on any atom is -0.480 e. The number of halogens is 1. The van der Waals surface area contributed by atoms with Crippen LogP contribution in [0.3, 0.4) is 0 Å². The van der Waals surface area contributed by atoms with Gasteiger partial charge in [-0.2, -0.15) is 5.10 Å². The SMILES string of the molecule is COc1ncc(-c2ccc3ncc(C#CC(C)(C)O)n3n2)cc1NS(=O)(=O)c1ccc(F)cc1. The lowest BCUT2D eigenvalue weighted by Gasteiger charge is -2.12. The van der Waals surface area contributed by atoms with Gasteiger partial charge in [0.25, 0.3) is 10.0 Å². The summed E-state index contributed by atoms with van der Waals surface area (Å²) in [7, 11) is -2.67. The summed E-state index contributed by atoms with van der Waals surface area (Å²) in [5.74, 6) is 5.08. The fourth-order valence-electron chi connectivity index (χ4n) is 2.98. The van der Waals surface area contributed by atoms with E-state index in [-0.39, 0.29) is 16.5 Å². The summed E-state index contributed by atoms with van der Waals surface area (Å²) >= 11 is 0. The zero-order valence-electron chi connectivity index (χ0n) is 18.4. The molecule has 0 saturated heterocycles. The predicted molar refractivity (Wildman–Crippen MR) is 123 cm³/mol. The quantitative estimate of drug-likeness (QED) is 0.421. The minimum absolute atomic E-state index is 0.0508. The smallest absolute Gasteiger partial charge is 0.262 e. The van der Waals surface area contributed by atoms with E-state index in [9.17, 15) is 17.9 Å². The van der Waals surface area contributed by atoms with Crippen molar-refractivity contribution in [2.45, 2.75) is 24.3 Å². The van der Waals surface area contributed by atoms with Crippen LogP contribution in [0.15, 0.2) is 59.8 Å².